The number of esters is 2. The first-order valence-corrected chi connectivity index (χ1v) is 9.64. The zero-order valence-electron chi connectivity index (χ0n) is 17.5. The van der Waals surface area contributed by atoms with Crippen LogP contribution in [0.25, 0.3) is 11.4 Å². The number of hydrogen-bond acceptors (Lipinski definition) is 9. The third-order valence-electron chi connectivity index (χ3n) is 4.12. The lowest BCUT2D eigenvalue weighted by molar-refractivity contribution is -0.145. The van der Waals surface area contributed by atoms with Crippen molar-refractivity contribution in [3.05, 3.63) is 54.1 Å². The number of carbonyl (C=O) groups is 3. The van der Waals surface area contributed by atoms with Crippen LogP contribution in [0.2, 0.25) is 0 Å². The summed E-state index contributed by atoms with van der Waals surface area (Å²) in [5.74, 6) is -0.652. The molecule has 3 aromatic rings. The molecule has 0 spiro atoms. The Morgan fingerprint density at radius 3 is 2.53 bits per heavy atom. The van der Waals surface area contributed by atoms with E-state index in [-0.39, 0.29) is 25.3 Å². The normalized spacial score (nSPS) is 10.3. The van der Waals surface area contributed by atoms with E-state index in [1.807, 2.05) is 0 Å². The fourth-order valence-corrected chi connectivity index (χ4v) is 2.67. The number of amides is 1. The number of methoxy groups -OCH3 is 1. The minimum absolute atomic E-state index is 0.185. The van der Waals surface area contributed by atoms with Crippen LogP contribution in [0.5, 0.6) is 5.75 Å². The summed E-state index contributed by atoms with van der Waals surface area (Å²) in [4.78, 5) is 36.7. The lowest BCUT2D eigenvalue weighted by Crippen LogP contribution is -2.22. The molecule has 11 heteroatoms. The van der Waals surface area contributed by atoms with Gasteiger partial charge in [-0.15, -0.1) is 10.2 Å². The smallest absolute Gasteiger partial charge is 0.344 e. The highest BCUT2D eigenvalue weighted by Crippen LogP contribution is 2.19. The van der Waals surface area contributed by atoms with Gasteiger partial charge in [0.15, 0.2) is 6.61 Å². The van der Waals surface area contributed by atoms with E-state index in [9.17, 15) is 14.4 Å². The number of hydrogen-bond donors (Lipinski definition) is 1. The summed E-state index contributed by atoms with van der Waals surface area (Å²) in [7, 11) is 1.26. The van der Waals surface area contributed by atoms with Crippen molar-refractivity contribution in [2.24, 2.45) is 0 Å². The molecule has 0 aliphatic heterocycles. The van der Waals surface area contributed by atoms with Gasteiger partial charge in [0.2, 0.25) is 11.7 Å². The number of carbonyl (C=O) groups excluding carboxylic acids is 3. The van der Waals surface area contributed by atoms with Gasteiger partial charge in [0.05, 0.1) is 25.0 Å². The zero-order valence-corrected chi connectivity index (χ0v) is 17.5. The van der Waals surface area contributed by atoms with Gasteiger partial charge in [-0.3, -0.25) is 4.79 Å². The van der Waals surface area contributed by atoms with E-state index in [1.165, 1.54) is 7.11 Å². The van der Waals surface area contributed by atoms with Crippen molar-refractivity contribution in [2.45, 2.75) is 13.5 Å². The lowest BCUT2D eigenvalue weighted by atomic mass is 10.2. The predicted octanol–water partition coefficient (Wildman–Crippen LogP) is 1.71. The number of nitrogens with zero attached hydrogens (tertiary/aromatic N) is 4. The molecule has 0 unspecified atom stereocenters. The Hall–Kier alpha value is -4.28. The number of benzene rings is 2. The van der Waals surface area contributed by atoms with Crippen LogP contribution in [0.4, 0.5) is 5.69 Å². The minimum Gasteiger partial charge on any atom is -0.482 e. The average molecular weight is 439 g/mol. The number of nitrogens with one attached hydrogen (secondary N) is 1. The first-order chi connectivity index (χ1) is 15.5. The van der Waals surface area contributed by atoms with Crippen LogP contribution in [-0.2, 0) is 25.6 Å². The van der Waals surface area contributed by atoms with Gasteiger partial charge in [-0.25, -0.2) is 9.59 Å². The van der Waals surface area contributed by atoms with Crippen LogP contribution in [0.3, 0.4) is 0 Å². The largest absolute Gasteiger partial charge is 0.482 e. The summed E-state index contributed by atoms with van der Waals surface area (Å²) in [6.07, 6.45) is 0. The molecule has 166 valence electrons. The average Bonchev–Trinajstić information content (AvgIpc) is 3.26. The summed E-state index contributed by atoms with van der Waals surface area (Å²) in [6.45, 7) is 1.62. The van der Waals surface area contributed by atoms with Crippen molar-refractivity contribution in [3.63, 3.8) is 0 Å². The highest BCUT2D eigenvalue weighted by Gasteiger charge is 2.15. The molecule has 11 nitrogen and oxygen atoms in total. The predicted molar refractivity (Wildman–Crippen MR) is 112 cm³/mol. The molecule has 1 aromatic heterocycles. The van der Waals surface area contributed by atoms with Gasteiger partial charge in [-0.2, -0.15) is 4.80 Å². The maximum absolute atomic E-state index is 12.4. The molecule has 0 fully saturated rings. The van der Waals surface area contributed by atoms with Gasteiger partial charge >= 0.3 is 11.9 Å². The van der Waals surface area contributed by atoms with Gasteiger partial charge in [-0.05, 0) is 48.5 Å². The van der Waals surface area contributed by atoms with E-state index < -0.39 is 17.8 Å². The quantitative estimate of drug-likeness (QED) is 0.494. The Kier molecular flexibility index (Phi) is 7.46. The molecule has 0 radical (unpaired) electrons. The molecular formula is C21H21N5O6. The molecule has 32 heavy (non-hydrogen) atoms. The first kappa shape index (κ1) is 22.4. The summed E-state index contributed by atoms with van der Waals surface area (Å²) in [5, 5.41) is 14.7. The topological polar surface area (TPSA) is 135 Å². The molecule has 1 amide bonds. The highest BCUT2D eigenvalue weighted by atomic mass is 16.6. The molecular weight excluding hydrogens is 418 g/mol. The van der Waals surface area contributed by atoms with Gasteiger partial charge in [-0.1, -0.05) is 12.1 Å². The van der Waals surface area contributed by atoms with E-state index in [0.29, 0.717) is 22.8 Å². The molecule has 3 rings (SSSR count). The standard InChI is InChI=1S/C21H21N5O6/c1-3-31-19(28)13-32-15-10-8-14(9-11-15)20-23-25-26(24-20)12-18(27)22-17-7-5-4-6-16(17)21(29)30-2/h4-11H,3,12-13H2,1-2H3,(H,22,27). The highest BCUT2D eigenvalue weighted by molar-refractivity contribution is 6.01. The molecule has 2 aromatic carbocycles. The fourth-order valence-electron chi connectivity index (χ4n) is 2.67. The van der Waals surface area contributed by atoms with Crippen LogP contribution >= 0.6 is 0 Å². The van der Waals surface area contributed by atoms with E-state index in [2.05, 4.69) is 20.7 Å². The van der Waals surface area contributed by atoms with Gasteiger partial charge in [0.1, 0.15) is 12.3 Å². The second-order valence-electron chi connectivity index (χ2n) is 6.35. The monoisotopic (exact) mass is 439 g/mol. The van der Waals surface area contributed by atoms with Crippen molar-refractivity contribution < 1.29 is 28.6 Å². The molecule has 0 saturated carbocycles. The number of ether oxygens (including phenoxy) is 3. The maximum atomic E-state index is 12.4. The van der Waals surface area contributed by atoms with Gasteiger partial charge in [0, 0.05) is 5.56 Å². The number of tetrazole rings is 1. The van der Waals surface area contributed by atoms with Crippen LogP contribution in [0, 0.1) is 0 Å². The third kappa shape index (κ3) is 5.88. The van der Waals surface area contributed by atoms with E-state index in [1.54, 1.807) is 55.5 Å². The zero-order chi connectivity index (χ0) is 22.9. The maximum Gasteiger partial charge on any atom is 0.344 e. The molecule has 0 bridgehead atoms. The number of para-hydroxylation sites is 1. The van der Waals surface area contributed by atoms with Crippen molar-refractivity contribution in [3.8, 4) is 17.1 Å². The Morgan fingerprint density at radius 2 is 1.81 bits per heavy atom. The van der Waals surface area contributed by atoms with Crippen LogP contribution in [0.1, 0.15) is 17.3 Å². The van der Waals surface area contributed by atoms with Crippen molar-refractivity contribution in [1.82, 2.24) is 20.2 Å². The van der Waals surface area contributed by atoms with Crippen molar-refractivity contribution in [2.75, 3.05) is 25.6 Å². The van der Waals surface area contributed by atoms with Gasteiger partial charge < -0.3 is 19.5 Å². The van der Waals surface area contributed by atoms with E-state index in [4.69, 9.17) is 14.2 Å². The molecule has 1 heterocycles. The number of anilines is 1. The van der Waals surface area contributed by atoms with Crippen LogP contribution in [-0.4, -0.2) is 58.4 Å². The Morgan fingerprint density at radius 1 is 1.06 bits per heavy atom. The van der Waals surface area contributed by atoms with Crippen molar-refractivity contribution >= 4 is 23.5 Å². The SMILES string of the molecule is CCOC(=O)COc1ccc(-c2nnn(CC(=O)Nc3ccccc3C(=O)OC)n2)cc1. The van der Waals surface area contributed by atoms with E-state index in [0.717, 1.165) is 4.80 Å². The second-order valence-corrected chi connectivity index (χ2v) is 6.35. The second kappa shape index (κ2) is 10.7. The Labute approximate surface area is 183 Å². The van der Waals surface area contributed by atoms with Gasteiger partial charge in [0.25, 0.3) is 0 Å². The lowest BCUT2D eigenvalue weighted by Gasteiger charge is -2.09. The Bertz CT molecular complexity index is 1100. The molecule has 0 atom stereocenters. The number of rotatable bonds is 9. The summed E-state index contributed by atoms with van der Waals surface area (Å²) < 4.78 is 14.9. The van der Waals surface area contributed by atoms with Crippen molar-refractivity contribution in [1.29, 1.82) is 0 Å². The first-order valence-electron chi connectivity index (χ1n) is 9.64. The van der Waals surface area contributed by atoms with Crippen LogP contribution < -0.4 is 10.1 Å². The molecule has 1 N–H and O–H groups in total. The van der Waals surface area contributed by atoms with Crippen LogP contribution in [0.15, 0.2) is 48.5 Å². The number of aromatic nitrogens is 4. The fraction of sp³-hybridized carbons (Fsp3) is 0.238. The minimum atomic E-state index is -0.559. The summed E-state index contributed by atoms with van der Waals surface area (Å²) in [6, 6.07) is 13.2. The molecule has 0 aliphatic carbocycles. The van der Waals surface area contributed by atoms with E-state index >= 15 is 0 Å². The Balaban J connectivity index is 1.60. The summed E-state index contributed by atoms with van der Waals surface area (Å²) >= 11 is 0. The third-order valence-corrected chi connectivity index (χ3v) is 4.12. The molecule has 0 aliphatic rings. The summed E-state index contributed by atoms with van der Waals surface area (Å²) in [5.41, 5.74) is 1.21. The molecule has 0 saturated heterocycles.